The van der Waals surface area contributed by atoms with Crippen molar-refractivity contribution >= 4 is 23.3 Å². The highest BCUT2D eigenvalue weighted by Crippen LogP contribution is 2.25. The van der Waals surface area contributed by atoms with Gasteiger partial charge in [0, 0.05) is 26.2 Å². The van der Waals surface area contributed by atoms with Crippen LogP contribution in [0.4, 0.5) is 11.4 Å². The number of hydrogen-bond acceptors (Lipinski definition) is 6. The molecule has 8 nitrogen and oxygen atoms in total. The lowest BCUT2D eigenvalue weighted by atomic mass is 9.92. The van der Waals surface area contributed by atoms with Crippen molar-refractivity contribution in [1.29, 1.82) is 0 Å². The van der Waals surface area contributed by atoms with Crippen molar-refractivity contribution in [2.45, 2.75) is 20.3 Å². The van der Waals surface area contributed by atoms with E-state index in [0.717, 1.165) is 12.5 Å². The van der Waals surface area contributed by atoms with Gasteiger partial charge < -0.3 is 15.0 Å². The zero-order valence-corrected chi connectivity index (χ0v) is 14.7. The summed E-state index contributed by atoms with van der Waals surface area (Å²) in [6.07, 6.45) is 1.07. The minimum absolute atomic E-state index is 0.0406. The fraction of sp³-hybridized carbons (Fsp3) is 0.529. The van der Waals surface area contributed by atoms with Crippen molar-refractivity contribution in [2.75, 3.05) is 32.1 Å². The predicted molar refractivity (Wildman–Crippen MR) is 92.5 cm³/mol. The Kier molecular flexibility index (Phi) is 5.95. The number of anilines is 1. The molecule has 1 amide bonds. The molecule has 0 bridgehead atoms. The van der Waals surface area contributed by atoms with E-state index in [2.05, 4.69) is 19.2 Å². The molecule has 2 unspecified atom stereocenters. The van der Waals surface area contributed by atoms with Crippen LogP contribution in [0.2, 0.25) is 0 Å². The Labute approximate surface area is 146 Å². The molecule has 25 heavy (non-hydrogen) atoms. The number of nitrogens with zero attached hydrogens (tertiary/aromatic N) is 2. The number of carbonyl (C=O) groups is 2. The SMILES string of the molecule is CNc1ccc(C(=O)OCC(=O)N2CC(C)CC(C)C2)cc1[N+](=O)[O-]. The first-order valence-electron chi connectivity index (χ1n) is 8.23. The van der Waals surface area contributed by atoms with Crippen LogP contribution < -0.4 is 5.32 Å². The lowest BCUT2D eigenvalue weighted by Gasteiger charge is -2.34. The van der Waals surface area contributed by atoms with Crippen molar-refractivity contribution in [3.8, 4) is 0 Å². The number of benzene rings is 1. The van der Waals surface area contributed by atoms with Crippen LogP contribution in [-0.4, -0.2) is 48.4 Å². The van der Waals surface area contributed by atoms with Gasteiger partial charge in [0.1, 0.15) is 5.69 Å². The van der Waals surface area contributed by atoms with Crippen molar-refractivity contribution in [3.63, 3.8) is 0 Å². The molecular formula is C17H23N3O5. The smallest absolute Gasteiger partial charge is 0.338 e. The largest absolute Gasteiger partial charge is 0.452 e. The molecule has 2 atom stereocenters. The Morgan fingerprint density at radius 2 is 1.96 bits per heavy atom. The average Bonchev–Trinajstić information content (AvgIpc) is 2.57. The monoisotopic (exact) mass is 349 g/mol. The number of amides is 1. The summed E-state index contributed by atoms with van der Waals surface area (Å²) in [5, 5.41) is 13.7. The van der Waals surface area contributed by atoms with Crippen molar-refractivity contribution in [3.05, 3.63) is 33.9 Å². The van der Waals surface area contributed by atoms with Crippen molar-refractivity contribution in [1.82, 2.24) is 4.90 Å². The van der Waals surface area contributed by atoms with Gasteiger partial charge in [-0.15, -0.1) is 0 Å². The summed E-state index contributed by atoms with van der Waals surface area (Å²) in [5.41, 5.74) is 0.120. The standard InChI is InChI=1S/C17H23N3O5/c1-11-6-12(2)9-19(8-11)16(21)10-25-17(22)13-4-5-14(18-3)15(7-13)20(23)24/h4-5,7,11-12,18H,6,8-10H2,1-3H3. The molecule has 1 aliphatic rings. The van der Waals surface area contributed by atoms with Crippen molar-refractivity contribution < 1.29 is 19.2 Å². The molecular weight excluding hydrogens is 326 g/mol. The highest BCUT2D eigenvalue weighted by Gasteiger charge is 2.26. The van der Waals surface area contributed by atoms with Crippen molar-refractivity contribution in [2.24, 2.45) is 11.8 Å². The minimum Gasteiger partial charge on any atom is -0.452 e. The maximum Gasteiger partial charge on any atom is 0.338 e. The van der Waals surface area contributed by atoms with Gasteiger partial charge in [-0.25, -0.2) is 4.79 Å². The van der Waals surface area contributed by atoms with Gasteiger partial charge in [0.2, 0.25) is 0 Å². The van der Waals surface area contributed by atoms with E-state index in [1.54, 1.807) is 11.9 Å². The molecule has 1 aromatic carbocycles. The summed E-state index contributed by atoms with van der Waals surface area (Å²) in [6.45, 7) is 5.13. The molecule has 8 heteroatoms. The lowest BCUT2D eigenvalue weighted by Crippen LogP contribution is -2.44. The molecule has 1 aromatic rings. The summed E-state index contributed by atoms with van der Waals surface area (Å²) >= 11 is 0. The second-order valence-corrected chi connectivity index (χ2v) is 6.56. The number of nitro benzene ring substituents is 1. The van der Waals surface area contributed by atoms with Gasteiger partial charge in [-0.05, 0) is 30.4 Å². The summed E-state index contributed by atoms with van der Waals surface area (Å²) < 4.78 is 5.05. The van der Waals surface area contributed by atoms with Crippen LogP contribution in [0.15, 0.2) is 18.2 Å². The maximum absolute atomic E-state index is 12.2. The molecule has 1 saturated heterocycles. The normalized spacial score (nSPS) is 20.0. The molecule has 0 spiro atoms. The quantitative estimate of drug-likeness (QED) is 0.497. The average molecular weight is 349 g/mol. The van der Waals surface area contributed by atoms with Gasteiger partial charge in [0.25, 0.3) is 11.6 Å². The number of rotatable bonds is 5. The second kappa shape index (κ2) is 7.96. The van der Waals surface area contributed by atoms with Crippen LogP contribution in [0.25, 0.3) is 0 Å². The van der Waals surface area contributed by atoms with Crippen LogP contribution in [0.3, 0.4) is 0 Å². The number of piperidine rings is 1. The molecule has 0 aromatic heterocycles. The van der Waals surface area contributed by atoms with Gasteiger partial charge in [0.15, 0.2) is 6.61 Å². The second-order valence-electron chi connectivity index (χ2n) is 6.56. The predicted octanol–water partition coefficient (Wildman–Crippen LogP) is 2.30. The van der Waals surface area contributed by atoms with Gasteiger partial charge >= 0.3 is 5.97 Å². The maximum atomic E-state index is 12.2. The molecule has 0 aliphatic carbocycles. The van der Waals surface area contributed by atoms with E-state index in [1.807, 2.05) is 0 Å². The third-order valence-corrected chi connectivity index (χ3v) is 4.25. The first-order chi connectivity index (χ1) is 11.8. The number of hydrogen-bond donors (Lipinski definition) is 1. The number of ether oxygens (including phenoxy) is 1. The Morgan fingerprint density at radius 3 is 2.52 bits per heavy atom. The minimum atomic E-state index is -0.753. The van der Waals surface area contributed by atoms with E-state index < -0.39 is 10.9 Å². The van der Waals surface area contributed by atoms with E-state index in [0.29, 0.717) is 30.6 Å². The number of nitro groups is 1. The summed E-state index contributed by atoms with van der Waals surface area (Å²) in [4.78, 5) is 36.5. The first-order valence-corrected chi connectivity index (χ1v) is 8.23. The molecule has 1 fully saturated rings. The topological polar surface area (TPSA) is 102 Å². The Hall–Kier alpha value is -2.64. The molecule has 1 aliphatic heterocycles. The molecule has 1 N–H and O–H groups in total. The fourth-order valence-electron chi connectivity index (χ4n) is 3.19. The van der Waals surface area contributed by atoms with Crippen LogP contribution in [0.5, 0.6) is 0 Å². The summed E-state index contributed by atoms with van der Waals surface area (Å²) in [7, 11) is 1.56. The molecule has 0 saturated carbocycles. The van der Waals surface area contributed by atoms with Gasteiger partial charge in [-0.3, -0.25) is 14.9 Å². The number of carbonyl (C=O) groups excluding carboxylic acids is 2. The van der Waals surface area contributed by atoms with Crippen LogP contribution in [-0.2, 0) is 9.53 Å². The number of esters is 1. The molecule has 136 valence electrons. The van der Waals surface area contributed by atoms with E-state index in [-0.39, 0.29) is 23.8 Å². The highest BCUT2D eigenvalue weighted by molar-refractivity contribution is 5.93. The Balaban J connectivity index is 1.99. The van der Waals surface area contributed by atoms with Gasteiger partial charge in [-0.1, -0.05) is 13.8 Å². The summed E-state index contributed by atoms with van der Waals surface area (Å²) in [5.74, 6) is -0.161. The van der Waals surface area contributed by atoms with Crippen LogP contribution in [0.1, 0.15) is 30.6 Å². The van der Waals surface area contributed by atoms with Gasteiger partial charge in [-0.2, -0.15) is 0 Å². The number of likely N-dealkylation sites (tertiary alicyclic amines) is 1. The number of nitrogens with one attached hydrogen (secondary N) is 1. The van der Waals surface area contributed by atoms with Gasteiger partial charge in [0.05, 0.1) is 10.5 Å². The van der Waals surface area contributed by atoms with Crippen LogP contribution >= 0.6 is 0 Å². The Morgan fingerprint density at radius 1 is 1.32 bits per heavy atom. The fourth-order valence-corrected chi connectivity index (χ4v) is 3.19. The highest BCUT2D eigenvalue weighted by atomic mass is 16.6. The van der Waals surface area contributed by atoms with E-state index in [1.165, 1.54) is 12.1 Å². The summed E-state index contributed by atoms with van der Waals surface area (Å²) in [6, 6.07) is 4.00. The molecule has 2 rings (SSSR count). The zero-order chi connectivity index (χ0) is 18.6. The lowest BCUT2D eigenvalue weighted by molar-refractivity contribution is -0.384. The molecule has 0 radical (unpaired) electrons. The third-order valence-electron chi connectivity index (χ3n) is 4.25. The van der Waals surface area contributed by atoms with E-state index in [9.17, 15) is 19.7 Å². The first kappa shape index (κ1) is 18.7. The molecule has 1 heterocycles. The third kappa shape index (κ3) is 4.68. The van der Waals surface area contributed by atoms with E-state index >= 15 is 0 Å². The zero-order valence-electron chi connectivity index (χ0n) is 14.7. The van der Waals surface area contributed by atoms with Crippen LogP contribution in [0, 0.1) is 22.0 Å². The van der Waals surface area contributed by atoms with E-state index in [4.69, 9.17) is 4.74 Å². The Bertz CT molecular complexity index is 666.